The fraction of sp³-hybridized carbons (Fsp3) is 0.0714. The van der Waals surface area contributed by atoms with Gasteiger partial charge in [-0.15, -0.1) is 45.3 Å². The molecule has 0 aliphatic rings. The van der Waals surface area contributed by atoms with Crippen LogP contribution in [0.1, 0.15) is 11.1 Å². The Morgan fingerprint density at radius 2 is 0.917 bits per heavy atom. The van der Waals surface area contributed by atoms with Gasteiger partial charge in [-0.05, 0) is 81.1 Å². The van der Waals surface area contributed by atoms with Crippen LogP contribution in [-0.2, 0) is 0 Å². The molecule has 3 aromatic carbocycles. The van der Waals surface area contributed by atoms with Crippen molar-refractivity contribution in [1.82, 2.24) is 0 Å². The van der Waals surface area contributed by atoms with Crippen LogP contribution in [-0.4, -0.2) is 0 Å². The number of halogens is 4. The first-order valence-electron chi connectivity index (χ1n) is 11.0. The van der Waals surface area contributed by atoms with Gasteiger partial charge in [-0.25, -0.2) is 0 Å². The summed E-state index contributed by atoms with van der Waals surface area (Å²) >= 11 is 23.0. The van der Waals surface area contributed by atoms with Crippen LogP contribution in [0, 0.1) is 13.8 Å². The number of thiophene rings is 4. The summed E-state index contributed by atoms with van der Waals surface area (Å²) in [5.74, 6) is 0. The van der Waals surface area contributed by atoms with Gasteiger partial charge in [0.2, 0.25) is 0 Å². The van der Waals surface area contributed by atoms with Crippen molar-refractivity contribution >= 4 is 148 Å². The lowest BCUT2D eigenvalue weighted by Gasteiger charge is -2.04. The van der Waals surface area contributed by atoms with E-state index in [0.29, 0.717) is 0 Å². The molecule has 0 unspecified atom stereocenters. The Morgan fingerprint density at radius 3 is 1.31 bits per heavy atom. The topological polar surface area (TPSA) is 0 Å². The van der Waals surface area contributed by atoms with E-state index in [1.807, 2.05) is 45.3 Å². The lowest BCUT2D eigenvalue weighted by Crippen LogP contribution is -1.78. The third-order valence-corrected chi connectivity index (χ3v) is 15.4. The van der Waals surface area contributed by atoms with Crippen LogP contribution in [0.5, 0.6) is 0 Å². The van der Waals surface area contributed by atoms with Crippen LogP contribution in [0.15, 0.2) is 66.4 Å². The molecule has 7 aromatic rings. The Morgan fingerprint density at radius 1 is 0.500 bits per heavy atom. The number of fused-ring (bicyclic) bond motifs is 6. The lowest BCUT2D eigenvalue weighted by molar-refractivity contribution is 1.45. The van der Waals surface area contributed by atoms with Gasteiger partial charge in [0.1, 0.15) is 0 Å². The van der Waals surface area contributed by atoms with Crippen LogP contribution in [0.2, 0.25) is 0 Å². The van der Waals surface area contributed by atoms with Crippen molar-refractivity contribution in [3.8, 4) is 20.9 Å². The van der Waals surface area contributed by atoms with E-state index in [4.69, 9.17) is 0 Å². The quantitative estimate of drug-likeness (QED) is 0.163. The molecular weight excluding hydrogens is 784 g/mol. The molecule has 0 fully saturated rings. The van der Waals surface area contributed by atoms with E-state index >= 15 is 0 Å². The maximum Gasteiger partial charge on any atom is 0.0612 e. The maximum atomic E-state index is 3.95. The summed E-state index contributed by atoms with van der Waals surface area (Å²) in [6, 6.07) is 18.0. The zero-order valence-electron chi connectivity index (χ0n) is 18.8. The van der Waals surface area contributed by atoms with Gasteiger partial charge in [0, 0.05) is 40.2 Å². The van der Waals surface area contributed by atoms with Crippen molar-refractivity contribution in [2.75, 3.05) is 0 Å². The highest BCUT2D eigenvalue weighted by atomic mass is 79.9. The molecule has 7 rings (SSSR count). The highest BCUT2D eigenvalue weighted by molar-refractivity contribution is 9.11. The fourth-order valence-corrected chi connectivity index (χ4v) is 13.5. The number of hydrogen-bond donors (Lipinski definition) is 0. The Bertz CT molecular complexity index is 1870. The molecule has 178 valence electrons. The minimum atomic E-state index is 1.14. The second-order valence-electron chi connectivity index (χ2n) is 8.82. The molecule has 0 amide bonds. The smallest absolute Gasteiger partial charge is 0.0612 e. The summed E-state index contributed by atoms with van der Waals surface area (Å²) < 4.78 is 12.8. The van der Waals surface area contributed by atoms with Gasteiger partial charge in [-0.2, -0.15) is 0 Å². The molecule has 4 heterocycles. The normalized spacial score (nSPS) is 12.2. The van der Waals surface area contributed by atoms with E-state index < -0.39 is 0 Å². The summed E-state index contributed by atoms with van der Waals surface area (Å²) in [5, 5.41) is 2.71. The van der Waals surface area contributed by atoms with Crippen LogP contribution in [0.4, 0.5) is 0 Å². The Labute approximate surface area is 257 Å². The van der Waals surface area contributed by atoms with Gasteiger partial charge in [0.15, 0.2) is 0 Å². The third-order valence-electron chi connectivity index (χ3n) is 6.35. The summed E-state index contributed by atoms with van der Waals surface area (Å²) in [6.45, 7) is 4.25. The van der Waals surface area contributed by atoms with Crippen LogP contribution < -0.4 is 0 Å². The van der Waals surface area contributed by atoms with Crippen LogP contribution >= 0.6 is 109 Å². The molecule has 0 bridgehead atoms. The van der Waals surface area contributed by atoms with Crippen LogP contribution in [0.25, 0.3) is 59.9 Å². The van der Waals surface area contributed by atoms with Gasteiger partial charge in [-0.3, -0.25) is 0 Å². The fourth-order valence-electron chi connectivity index (χ4n) is 4.59. The minimum Gasteiger partial charge on any atom is -0.133 e. The number of aryl methyl sites for hydroxylation is 2. The number of benzene rings is 3. The molecule has 0 N–H and O–H groups in total. The zero-order chi connectivity index (χ0) is 24.9. The molecule has 0 spiro atoms. The highest BCUT2D eigenvalue weighted by Crippen LogP contribution is 2.54. The largest absolute Gasteiger partial charge is 0.133 e. The summed E-state index contributed by atoms with van der Waals surface area (Å²) in [6.07, 6.45) is 0. The molecule has 8 heteroatoms. The van der Waals surface area contributed by atoms with Gasteiger partial charge >= 0.3 is 0 Å². The summed E-state index contributed by atoms with van der Waals surface area (Å²) in [7, 11) is 0. The Hall–Kier alpha value is -0.580. The van der Waals surface area contributed by atoms with E-state index in [2.05, 4.69) is 126 Å². The molecule has 0 saturated carbocycles. The third kappa shape index (κ3) is 3.70. The molecule has 36 heavy (non-hydrogen) atoms. The molecule has 0 nitrogen and oxygen atoms in total. The van der Waals surface area contributed by atoms with Gasteiger partial charge < -0.3 is 0 Å². The number of rotatable bonds is 2. The summed E-state index contributed by atoms with van der Waals surface area (Å²) in [4.78, 5) is 2.57. The highest BCUT2D eigenvalue weighted by Gasteiger charge is 2.22. The van der Waals surface area contributed by atoms with Crippen molar-refractivity contribution in [2.24, 2.45) is 0 Å². The first-order chi connectivity index (χ1) is 17.3. The zero-order valence-corrected chi connectivity index (χ0v) is 28.4. The minimum absolute atomic E-state index is 1.14. The predicted molar refractivity (Wildman–Crippen MR) is 179 cm³/mol. The molecule has 4 aromatic heterocycles. The molecule has 0 aliphatic heterocycles. The average molecular weight is 798 g/mol. The second-order valence-corrected chi connectivity index (χ2v) is 16.3. The van der Waals surface area contributed by atoms with Crippen molar-refractivity contribution in [1.29, 1.82) is 0 Å². The van der Waals surface area contributed by atoms with Crippen molar-refractivity contribution in [3.05, 3.63) is 77.5 Å². The van der Waals surface area contributed by atoms with Crippen molar-refractivity contribution in [2.45, 2.75) is 13.8 Å². The monoisotopic (exact) mass is 794 g/mol. The molecule has 0 atom stereocenters. The Balaban J connectivity index is 1.43. The molecule has 0 radical (unpaired) electrons. The first kappa shape index (κ1) is 24.5. The first-order valence-corrected chi connectivity index (χ1v) is 17.5. The standard InChI is InChI=1S/C28H14Br4S4/c1-11-3-5-13(17(29)7-11)23-21(31)27-25(35-23)15-9-20-16(10-19(15)33-27)26-28(34-20)22(32)24(36-26)14-6-4-12(2)8-18(14)30/h3-10H,1-2H3. The maximum absolute atomic E-state index is 3.95. The molecule has 0 saturated heterocycles. The molecular formula is C28H14Br4S4. The van der Waals surface area contributed by atoms with Crippen molar-refractivity contribution in [3.63, 3.8) is 0 Å². The van der Waals surface area contributed by atoms with Crippen LogP contribution in [0.3, 0.4) is 0 Å². The molecule has 0 aliphatic carbocycles. The van der Waals surface area contributed by atoms with E-state index in [9.17, 15) is 0 Å². The lowest BCUT2D eigenvalue weighted by atomic mass is 10.1. The van der Waals surface area contributed by atoms with E-state index in [0.717, 1.165) is 8.95 Å². The van der Waals surface area contributed by atoms with Gasteiger partial charge in [0.05, 0.1) is 37.5 Å². The van der Waals surface area contributed by atoms with Gasteiger partial charge in [0.25, 0.3) is 0 Å². The SMILES string of the molecule is Cc1ccc(-c2sc3c(sc4cc5c(cc43)sc3c(Br)c(-c4ccc(C)cc4Br)sc35)c2Br)c(Br)c1. The second kappa shape index (κ2) is 8.98. The predicted octanol–water partition coefficient (Wildman–Crippen LogP) is 13.5. The number of hydrogen-bond acceptors (Lipinski definition) is 4. The van der Waals surface area contributed by atoms with E-state index in [1.54, 1.807) is 0 Å². The summed E-state index contributed by atoms with van der Waals surface area (Å²) in [5.41, 5.74) is 5.00. The van der Waals surface area contributed by atoms with E-state index in [1.165, 1.54) is 79.9 Å². The van der Waals surface area contributed by atoms with E-state index in [-0.39, 0.29) is 0 Å². The van der Waals surface area contributed by atoms with Gasteiger partial charge in [-0.1, -0.05) is 56.1 Å². The Kier molecular flexibility index (Phi) is 6.10. The van der Waals surface area contributed by atoms with Crippen molar-refractivity contribution < 1.29 is 0 Å². The average Bonchev–Trinajstić information content (AvgIpc) is 3.54.